The summed E-state index contributed by atoms with van der Waals surface area (Å²) in [5.74, 6) is 0. The minimum atomic E-state index is -4.49. The fraction of sp³-hybridized carbons (Fsp3) is 0.438. The van der Waals surface area contributed by atoms with Crippen molar-refractivity contribution < 1.29 is 17.9 Å². The maximum atomic E-state index is 12.6. The van der Waals surface area contributed by atoms with E-state index >= 15 is 0 Å². The van der Waals surface area contributed by atoms with Crippen LogP contribution < -0.4 is 5.32 Å². The Morgan fingerprint density at radius 2 is 2.13 bits per heavy atom. The highest BCUT2D eigenvalue weighted by Crippen LogP contribution is 2.36. The van der Waals surface area contributed by atoms with Gasteiger partial charge in [0.25, 0.3) is 0 Å². The van der Waals surface area contributed by atoms with Gasteiger partial charge >= 0.3 is 6.30 Å². The Morgan fingerprint density at radius 3 is 2.91 bits per heavy atom. The summed E-state index contributed by atoms with van der Waals surface area (Å²) in [4.78, 5) is 0. The van der Waals surface area contributed by atoms with Crippen molar-refractivity contribution in [1.29, 1.82) is 0 Å². The molecule has 4 rings (SSSR count). The first-order chi connectivity index (χ1) is 11.0. The van der Waals surface area contributed by atoms with E-state index in [9.17, 15) is 13.2 Å². The Bertz CT molecular complexity index is 726. The Hall–Kier alpha value is -1.86. The first-order valence-electron chi connectivity index (χ1n) is 7.62. The highest BCUT2D eigenvalue weighted by molar-refractivity contribution is 5.64. The lowest BCUT2D eigenvalue weighted by molar-refractivity contribution is -0.212. The number of halogens is 3. The average molecular weight is 323 g/mol. The van der Waals surface area contributed by atoms with Gasteiger partial charge < -0.3 is 10.1 Å². The van der Waals surface area contributed by atoms with E-state index in [2.05, 4.69) is 10.4 Å². The van der Waals surface area contributed by atoms with Gasteiger partial charge in [-0.15, -0.1) is 13.2 Å². The monoisotopic (exact) mass is 323 g/mol. The summed E-state index contributed by atoms with van der Waals surface area (Å²) < 4.78 is 43.9. The second-order valence-corrected chi connectivity index (χ2v) is 5.98. The number of ether oxygens (including phenoxy) is 1. The van der Waals surface area contributed by atoms with E-state index in [4.69, 9.17) is 4.74 Å². The maximum absolute atomic E-state index is 12.6. The third kappa shape index (κ3) is 2.64. The molecule has 0 bridgehead atoms. The van der Waals surface area contributed by atoms with Gasteiger partial charge in [-0.25, -0.2) is 0 Å². The van der Waals surface area contributed by atoms with Gasteiger partial charge in [0.2, 0.25) is 0 Å². The molecule has 1 fully saturated rings. The van der Waals surface area contributed by atoms with Crippen molar-refractivity contribution in [3.63, 3.8) is 0 Å². The van der Waals surface area contributed by atoms with E-state index in [1.54, 1.807) is 0 Å². The average Bonchev–Trinajstić information content (AvgIpc) is 3.04. The molecule has 1 N–H and O–H groups in total. The minimum absolute atomic E-state index is 0.0248. The molecule has 4 nitrogen and oxygen atoms in total. The largest absolute Gasteiger partial charge is 0.504 e. The predicted octanol–water partition coefficient (Wildman–Crippen LogP) is 3.35. The van der Waals surface area contributed by atoms with Crippen LogP contribution in [0.1, 0.15) is 30.0 Å². The van der Waals surface area contributed by atoms with E-state index in [-0.39, 0.29) is 16.8 Å². The number of nitrogens with zero attached hydrogens (tertiary/aromatic N) is 2. The number of piperidine rings is 1. The molecular formula is C16H16F3N3O. The number of nitrogens with one attached hydrogen (secondary N) is 1. The van der Waals surface area contributed by atoms with Crippen LogP contribution in [0.25, 0.3) is 11.1 Å². The standard InChI is InChI=1S/C16H16F3N3O/c17-16(18,19)22-8-12(7-21-22)10-3-4-13-11(6-10)9-23-14-2-1-5-20-15(13)14/h3-4,6-8,14-15,20H,1-2,5,9H2/t14?,15-/m0/s1. The van der Waals surface area contributed by atoms with Gasteiger partial charge in [-0.2, -0.15) is 9.78 Å². The van der Waals surface area contributed by atoms with Gasteiger partial charge in [0.15, 0.2) is 0 Å². The third-order valence-electron chi connectivity index (χ3n) is 4.51. The second kappa shape index (κ2) is 5.35. The third-order valence-corrected chi connectivity index (χ3v) is 4.51. The molecule has 1 aromatic heterocycles. The Labute approximate surface area is 131 Å². The summed E-state index contributed by atoms with van der Waals surface area (Å²) in [5, 5.41) is 6.86. The number of benzene rings is 1. The molecule has 0 aliphatic carbocycles. The molecule has 0 amide bonds. The van der Waals surface area contributed by atoms with Crippen LogP contribution in [0.2, 0.25) is 0 Å². The van der Waals surface area contributed by atoms with E-state index in [0.29, 0.717) is 12.2 Å². The molecule has 3 heterocycles. The van der Waals surface area contributed by atoms with E-state index < -0.39 is 6.30 Å². The van der Waals surface area contributed by atoms with Crippen LogP contribution in [-0.2, 0) is 17.6 Å². The maximum Gasteiger partial charge on any atom is 0.504 e. The van der Waals surface area contributed by atoms with Crippen LogP contribution in [0, 0.1) is 0 Å². The smallest absolute Gasteiger partial charge is 0.372 e. The summed E-state index contributed by atoms with van der Waals surface area (Å²) >= 11 is 0. The molecule has 0 radical (unpaired) electrons. The van der Waals surface area contributed by atoms with Crippen LogP contribution in [-0.4, -0.2) is 22.4 Å². The fourth-order valence-electron chi connectivity index (χ4n) is 3.37. The molecule has 2 atom stereocenters. The van der Waals surface area contributed by atoms with Crippen molar-refractivity contribution in [1.82, 2.24) is 15.1 Å². The summed E-state index contributed by atoms with van der Waals surface area (Å²) in [6, 6.07) is 5.93. The van der Waals surface area contributed by atoms with Gasteiger partial charge in [0.05, 0.1) is 24.9 Å². The van der Waals surface area contributed by atoms with Crippen molar-refractivity contribution in [2.45, 2.75) is 37.9 Å². The normalized spacial score (nSPS) is 24.1. The van der Waals surface area contributed by atoms with E-state index in [1.807, 2.05) is 18.2 Å². The Kier molecular flexibility index (Phi) is 3.42. The highest BCUT2D eigenvalue weighted by atomic mass is 19.4. The van der Waals surface area contributed by atoms with E-state index in [0.717, 1.165) is 36.7 Å². The fourth-order valence-corrected chi connectivity index (χ4v) is 3.37. The van der Waals surface area contributed by atoms with Gasteiger partial charge in [0.1, 0.15) is 0 Å². The van der Waals surface area contributed by atoms with Crippen molar-refractivity contribution in [3.8, 4) is 11.1 Å². The molecular weight excluding hydrogens is 307 g/mol. The Balaban J connectivity index is 1.66. The molecule has 2 aromatic rings. The van der Waals surface area contributed by atoms with Crippen molar-refractivity contribution >= 4 is 0 Å². The number of aromatic nitrogens is 2. The molecule has 1 saturated heterocycles. The summed E-state index contributed by atoms with van der Waals surface area (Å²) in [5.41, 5.74) is 3.38. The van der Waals surface area contributed by atoms with E-state index in [1.165, 1.54) is 11.8 Å². The molecule has 122 valence electrons. The summed E-state index contributed by atoms with van der Waals surface area (Å²) in [6.45, 7) is 1.46. The quantitative estimate of drug-likeness (QED) is 0.875. The minimum Gasteiger partial charge on any atom is -0.372 e. The van der Waals surface area contributed by atoms with Crippen LogP contribution in [0.15, 0.2) is 30.6 Å². The topological polar surface area (TPSA) is 39.1 Å². The van der Waals surface area contributed by atoms with Crippen LogP contribution in [0.3, 0.4) is 0 Å². The van der Waals surface area contributed by atoms with Gasteiger partial charge in [-0.05, 0) is 42.1 Å². The number of alkyl halides is 3. The second-order valence-electron chi connectivity index (χ2n) is 5.98. The number of hydrogen-bond acceptors (Lipinski definition) is 3. The number of fused-ring (bicyclic) bond motifs is 3. The Morgan fingerprint density at radius 1 is 1.26 bits per heavy atom. The predicted molar refractivity (Wildman–Crippen MR) is 77.5 cm³/mol. The highest BCUT2D eigenvalue weighted by Gasteiger charge is 2.33. The summed E-state index contributed by atoms with van der Waals surface area (Å²) in [6.07, 6.45) is 0.0836. The van der Waals surface area contributed by atoms with Crippen molar-refractivity contribution in [3.05, 3.63) is 41.7 Å². The molecule has 7 heteroatoms. The van der Waals surface area contributed by atoms with Gasteiger partial charge in [0, 0.05) is 11.8 Å². The molecule has 1 aromatic carbocycles. The number of hydrogen-bond donors (Lipinski definition) is 1. The zero-order chi connectivity index (χ0) is 16.0. The lowest BCUT2D eigenvalue weighted by Crippen LogP contribution is -2.42. The van der Waals surface area contributed by atoms with Crippen LogP contribution in [0.5, 0.6) is 0 Å². The molecule has 2 aliphatic heterocycles. The molecule has 0 saturated carbocycles. The summed E-state index contributed by atoms with van der Waals surface area (Å²) in [7, 11) is 0. The lowest BCUT2D eigenvalue weighted by Gasteiger charge is -2.38. The van der Waals surface area contributed by atoms with Crippen molar-refractivity contribution in [2.24, 2.45) is 0 Å². The molecule has 2 aliphatic rings. The first kappa shape index (κ1) is 14.7. The zero-order valence-corrected chi connectivity index (χ0v) is 12.3. The van der Waals surface area contributed by atoms with Gasteiger partial charge in [-0.3, -0.25) is 0 Å². The first-order valence-corrected chi connectivity index (χ1v) is 7.62. The lowest BCUT2D eigenvalue weighted by atomic mass is 9.88. The van der Waals surface area contributed by atoms with Gasteiger partial charge in [-0.1, -0.05) is 12.1 Å². The molecule has 0 spiro atoms. The zero-order valence-electron chi connectivity index (χ0n) is 12.3. The molecule has 1 unspecified atom stereocenters. The molecule has 23 heavy (non-hydrogen) atoms. The van der Waals surface area contributed by atoms with Crippen LogP contribution >= 0.6 is 0 Å². The van der Waals surface area contributed by atoms with Crippen LogP contribution in [0.4, 0.5) is 13.2 Å². The van der Waals surface area contributed by atoms with Crippen molar-refractivity contribution in [2.75, 3.05) is 6.54 Å². The number of rotatable bonds is 1. The SMILES string of the molecule is FC(F)(F)n1cc(-c2ccc3c(c2)COC2CCCN[C@@H]32)cn1.